The van der Waals surface area contributed by atoms with Crippen LogP contribution in [0.15, 0.2) is 54.6 Å². The Morgan fingerprint density at radius 3 is 2.50 bits per heavy atom. The van der Waals surface area contributed by atoms with Crippen LogP contribution < -0.4 is 5.32 Å². The zero-order valence-electron chi connectivity index (χ0n) is 11.0. The Morgan fingerprint density at radius 2 is 1.75 bits per heavy atom. The topological polar surface area (TPSA) is 29.1 Å². The number of rotatable bonds is 6. The van der Waals surface area contributed by atoms with Crippen molar-refractivity contribution in [3.8, 4) is 0 Å². The second-order valence-electron chi connectivity index (χ2n) is 4.35. The van der Waals surface area contributed by atoms with E-state index < -0.39 is 0 Å². The Morgan fingerprint density at radius 1 is 1.05 bits per heavy atom. The normalized spacial score (nSPS) is 10.2. The molecule has 0 aliphatic rings. The molecular formula is C16H16ClNOS. The van der Waals surface area contributed by atoms with E-state index in [2.05, 4.69) is 5.32 Å². The molecule has 0 spiro atoms. The fourth-order valence-corrected chi connectivity index (χ4v) is 2.86. The third-order valence-corrected chi connectivity index (χ3v) is 4.13. The van der Waals surface area contributed by atoms with Crippen LogP contribution in [0.4, 0.5) is 0 Å². The number of benzene rings is 2. The van der Waals surface area contributed by atoms with Gasteiger partial charge in [0.25, 0.3) is 0 Å². The van der Waals surface area contributed by atoms with Crippen LogP contribution in [0.5, 0.6) is 0 Å². The molecule has 0 saturated heterocycles. The largest absolute Gasteiger partial charge is 0.351 e. The summed E-state index contributed by atoms with van der Waals surface area (Å²) in [6.07, 6.45) is 0. The molecule has 2 aromatic rings. The first-order valence-corrected chi connectivity index (χ1v) is 7.91. The standard InChI is InChI=1S/C16H16ClNOS/c17-15-9-5-4-8-14(15)11-20-12-16(19)18-10-13-6-2-1-3-7-13/h1-9H,10-12H2,(H,18,19). The molecule has 0 fully saturated rings. The van der Waals surface area contributed by atoms with Crippen molar-refractivity contribution in [2.45, 2.75) is 12.3 Å². The summed E-state index contributed by atoms with van der Waals surface area (Å²) in [5.74, 6) is 1.24. The van der Waals surface area contributed by atoms with Crippen LogP contribution >= 0.6 is 23.4 Å². The summed E-state index contributed by atoms with van der Waals surface area (Å²) in [5.41, 5.74) is 2.17. The zero-order valence-corrected chi connectivity index (χ0v) is 12.6. The van der Waals surface area contributed by atoms with Gasteiger partial charge in [-0.1, -0.05) is 60.1 Å². The Bertz CT molecular complexity index is 559. The first kappa shape index (κ1) is 14.9. The Balaban J connectivity index is 1.69. The lowest BCUT2D eigenvalue weighted by atomic mass is 10.2. The number of amides is 1. The van der Waals surface area contributed by atoms with Gasteiger partial charge in [-0.3, -0.25) is 4.79 Å². The highest BCUT2D eigenvalue weighted by Crippen LogP contribution is 2.20. The molecule has 0 bridgehead atoms. The van der Waals surface area contributed by atoms with Gasteiger partial charge in [0.15, 0.2) is 0 Å². The van der Waals surface area contributed by atoms with Gasteiger partial charge in [0.05, 0.1) is 5.75 Å². The molecule has 20 heavy (non-hydrogen) atoms. The molecule has 2 nitrogen and oxygen atoms in total. The van der Waals surface area contributed by atoms with Crippen LogP contribution in [-0.4, -0.2) is 11.7 Å². The van der Waals surface area contributed by atoms with Crippen LogP contribution in [-0.2, 0) is 17.1 Å². The zero-order chi connectivity index (χ0) is 14.2. The minimum Gasteiger partial charge on any atom is -0.351 e. The number of nitrogens with one attached hydrogen (secondary N) is 1. The van der Waals surface area contributed by atoms with Gasteiger partial charge in [-0.2, -0.15) is 0 Å². The van der Waals surface area contributed by atoms with E-state index in [9.17, 15) is 4.79 Å². The molecule has 4 heteroatoms. The van der Waals surface area contributed by atoms with Gasteiger partial charge < -0.3 is 5.32 Å². The highest BCUT2D eigenvalue weighted by molar-refractivity contribution is 7.99. The molecule has 104 valence electrons. The van der Waals surface area contributed by atoms with E-state index in [0.29, 0.717) is 12.3 Å². The van der Waals surface area contributed by atoms with E-state index in [1.54, 1.807) is 11.8 Å². The van der Waals surface area contributed by atoms with E-state index in [-0.39, 0.29) is 5.91 Å². The second kappa shape index (κ2) is 7.98. The highest BCUT2D eigenvalue weighted by Gasteiger charge is 2.03. The van der Waals surface area contributed by atoms with Crippen LogP contribution in [0.25, 0.3) is 0 Å². The lowest BCUT2D eigenvalue weighted by Gasteiger charge is -2.06. The Kier molecular flexibility index (Phi) is 5.96. The summed E-state index contributed by atoms with van der Waals surface area (Å²) < 4.78 is 0. The minimum atomic E-state index is 0.0471. The van der Waals surface area contributed by atoms with E-state index in [4.69, 9.17) is 11.6 Å². The summed E-state index contributed by atoms with van der Waals surface area (Å²) in [6, 6.07) is 17.6. The Labute approximate surface area is 128 Å². The monoisotopic (exact) mass is 305 g/mol. The van der Waals surface area contributed by atoms with Gasteiger partial charge in [-0.15, -0.1) is 11.8 Å². The molecule has 0 radical (unpaired) electrons. The fraction of sp³-hybridized carbons (Fsp3) is 0.188. The van der Waals surface area contributed by atoms with E-state index in [1.165, 1.54) is 0 Å². The van der Waals surface area contributed by atoms with Gasteiger partial charge in [-0.25, -0.2) is 0 Å². The van der Waals surface area contributed by atoms with Crippen molar-refractivity contribution in [2.24, 2.45) is 0 Å². The molecule has 1 amide bonds. The fourth-order valence-electron chi connectivity index (χ4n) is 1.72. The molecule has 1 N–H and O–H groups in total. The van der Waals surface area contributed by atoms with Crippen LogP contribution in [0.2, 0.25) is 5.02 Å². The second-order valence-corrected chi connectivity index (χ2v) is 5.74. The smallest absolute Gasteiger partial charge is 0.230 e. The summed E-state index contributed by atoms with van der Waals surface area (Å²) in [7, 11) is 0. The molecule has 0 atom stereocenters. The molecule has 2 rings (SSSR count). The average molecular weight is 306 g/mol. The molecule has 0 unspecified atom stereocenters. The number of thioether (sulfide) groups is 1. The molecular weight excluding hydrogens is 290 g/mol. The van der Waals surface area contributed by atoms with Crippen LogP contribution in [0.3, 0.4) is 0 Å². The number of hydrogen-bond donors (Lipinski definition) is 1. The van der Waals surface area contributed by atoms with Crippen molar-refractivity contribution in [2.75, 3.05) is 5.75 Å². The van der Waals surface area contributed by atoms with E-state index in [1.807, 2.05) is 54.6 Å². The SMILES string of the molecule is O=C(CSCc1ccccc1Cl)NCc1ccccc1. The summed E-state index contributed by atoms with van der Waals surface area (Å²) in [6.45, 7) is 0.576. The lowest BCUT2D eigenvalue weighted by Crippen LogP contribution is -2.24. The van der Waals surface area contributed by atoms with Gasteiger partial charge in [0, 0.05) is 17.3 Å². The van der Waals surface area contributed by atoms with Gasteiger partial charge in [0.2, 0.25) is 5.91 Å². The van der Waals surface area contributed by atoms with Crippen molar-refractivity contribution >= 4 is 29.3 Å². The summed E-state index contributed by atoms with van der Waals surface area (Å²) in [5, 5.41) is 3.66. The van der Waals surface area contributed by atoms with Crippen LogP contribution in [0, 0.1) is 0 Å². The van der Waals surface area contributed by atoms with Crippen molar-refractivity contribution in [1.29, 1.82) is 0 Å². The molecule has 0 heterocycles. The molecule has 0 saturated carbocycles. The maximum absolute atomic E-state index is 11.7. The number of carbonyl (C=O) groups is 1. The van der Waals surface area contributed by atoms with Gasteiger partial charge in [0.1, 0.15) is 0 Å². The van der Waals surface area contributed by atoms with E-state index >= 15 is 0 Å². The average Bonchev–Trinajstić information content (AvgIpc) is 2.48. The summed E-state index contributed by atoms with van der Waals surface area (Å²) >= 11 is 7.63. The maximum Gasteiger partial charge on any atom is 0.230 e. The third kappa shape index (κ3) is 4.91. The Hall–Kier alpha value is -1.45. The predicted molar refractivity (Wildman–Crippen MR) is 85.9 cm³/mol. The maximum atomic E-state index is 11.7. The molecule has 0 aliphatic carbocycles. The lowest BCUT2D eigenvalue weighted by molar-refractivity contribution is -0.118. The van der Waals surface area contributed by atoms with Crippen LogP contribution in [0.1, 0.15) is 11.1 Å². The van der Waals surface area contributed by atoms with Crippen molar-refractivity contribution in [3.63, 3.8) is 0 Å². The molecule has 2 aromatic carbocycles. The minimum absolute atomic E-state index is 0.0471. The summed E-state index contributed by atoms with van der Waals surface area (Å²) in [4.78, 5) is 11.7. The number of hydrogen-bond acceptors (Lipinski definition) is 2. The highest BCUT2D eigenvalue weighted by atomic mass is 35.5. The molecule has 0 aromatic heterocycles. The number of carbonyl (C=O) groups excluding carboxylic acids is 1. The van der Waals surface area contributed by atoms with Gasteiger partial charge in [-0.05, 0) is 17.2 Å². The van der Waals surface area contributed by atoms with Gasteiger partial charge >= 0.3 is 0 Å². The first-order chi connectivity index (χ1) is 9.75. The first-order valence-electron chi connectivity index (χ1n) is 6.37. The third-order valence-electron chi connectivity index (χ3n) is 2.78. The van der Waals surface area contributed by atoms with E-state index in [0.717, 1.165) is 21.9 Å². The van der Waals surface area contributed by atoms with Crippen molar-refractivity contribution < 1.29 is 4.79 Å². The quantitative estimate of drug-likeness (QED) is 0.877. The molecule has 0 aliphatic heterocycles. The van der Waals surface area contributed by atoms with Crippen molar-refractivity contribution in [3.05, 3.63) is 70.7 Å². The predicted octanol–water partition coefficient (Wildman–Crippen LogP) is 3.89. The number of halogens is 1. The van der Waals surface area contributed by atoms with Crippen molar-refractivity contribution in [1.82, 2.24) is 5.32 Å².